The van der Waals surface area contributed by atoms with E-state index in [2.05, 4.69) is 11.1 Å². The van der Waals surface area contributed by atoms with Crippen molar-refractivity contribution >= 4 is 23.4 Å². The molecule has 0 bridgehead atoms. The lowest BCUT2D eigenvalue weighted by molar-refractivity contribution is -0.131. The Morgan fingerprint density at radius 2 is 2.05 bits per heavy atom. The Morgan fingerprint density at radius 1 is 1.33 bits per heavy atom. The Labute approximate surface area is 127 Å². The largest absolute Gasteiger partial charge is 0.493 e. The van der Waals surface area contributed by atoms with Crippen molar-refractivity contribution in [2.45, 2.75) is 20.3 Å². The summed E-state index contributed by atoms with van der Waals surface area (Å²) in [7, 11) is 0. The van der Waals surface area contributed by atoms with Gasteiger partial charge in [0.15, 0.2) is 0 Å². The van der Waals surface area contributed by atoms with Gasteiger partial charge in [0.25, 0.3) is 0 Å². The average molecular weight is 303 g/mol. The molecule has 1 aromatic heterocycles. The fourth-order valence-corrected chi connectivity index (χ4v) is 2.75. The number of ether oxygens (including phenoxy) is 1. The molecule has 0 aliphatic rings. The van der Waals surface area contributed by atoms with Crippen LogP contribution < -0.4 is 4.74 Å². The van der Waals surface area contributed by atoms with Crippen molar-refractivity contribution in [3.63, 3.8) is 0 Å². The van der Waals surface area contributed by atoms with E-state index in [-0.39, 0.29) is 0 Å². The molecule has 1 N–H and O–H groups in total. The van der Waals surface area contributed by atoms with Crippen LogP contribution in [0.4, 0.5) is 0 Å². The van der Waals surface area contributed by atoms with E-state index in [1.54, 1.807) is 12.3 Å². The summed E-state index contributed by atoms with van der Waals surface area (Å²) in [5.41, 5.74) is 2.36. The molecule has 0 fully saturated rings. The van der Waals surface area contributed by atoms with Crippen LogP contribution in [0.15, 0.2) is 30.5 Å². The molecule has 0 saturated heterocycles. The second-order valence-electron chi connectivity index (χ2n) is 4.75. The zero-order valence-corrected chi connectivity index (χ0v) is 12.8. The summed E-state index contributed by atoms with van der Waals surface area (Å²) in [6.07, 6.45) is 5.05. The van der Waals surface area contributed by atoms with Gasteiger partial charge in [-0.15, -0.1) is 11.3 Å². The number of aromatic nitrogens is 1. The van der Waals surface area contributed by atoms with Crippen LogP contribution in [0, 0.1) is 13.8 Å². The molecule has 5 heteroatoms. The van der Waals surface area contributed by atoms with Crippen LogP contribution in [0.2, 0.25) is 0 Å². The quantitative estimate of drug-likeness (QED) is 0.830. The summed E-state index contributed by atoms with van der Waals surface area (Å²) < 4.78 is 5.73. The summed E-state index contributed by atoms with van der Waals surface area (Å²) in [5, 5.41) is 9.51. The van der Waals surface area contributed by atoms with E-state index in [4.69, 9.17) is 9.84 Å². The van der Waals surface area contributed by atoms with Crippen LogP contribution in [0.3, 0.4) is 0 Å². The van der Waals surface area contributed by atoms with Gasteiger partial charge < -0.3 is 9.84 Å². The van der Waals surface area contributed by atoms with E-state index in [0.717, 1.165) is 21.7 Å². The molecule has 2 aromatic rings. The minimum atomic E-state index is -0.955. The molecule has 1 aromatic carbocycles. The second-order valence-corrected chi connectivity index (χ2v) is 5.90. The van der Waals surface area contributed by atoms with Gasteiger partial charge >= 0.3 is 5.97 Å². The van der Waals surface area contributed by atoms with Crippen LogP contribution in [-0.2, 0) is 11.2 Å². The molecular formula is C16H17NO3S. The maximum absolute atomic E-state index is 10.4. The first kappa shape index (κ1) is 15.3. The van der Waals surface area contributed by atoms with Crippen LogP contribution >= 0.6 is 11.3 Å². The summed E-state index contributed by atoms with van der Waals surface area (Å²) >= 11 is 1.48. The minimum absolute atomic E-state index is 0.554. The van der Waals surface area contributed by atoms with E-state index in [1.807, 2.05) is 26.0 Å². The van der Waals surface area contributed by atoms with Gasteiger partial charge in [-0.2, -0.15) is 0 Å². The highest BCUT2D eigenvalue weighted by Gasteiger charge is 2.02. The molecule has 4 nitrogen and oxygen atoms in total. The lowest BCUT2D eigenvalue weighted by atomic mass is 10.1. The first-order valence-electron chi connectivity index (χ1n) is 6.60. The van der Waals surface area contributed by atoms with Gasteiger partial charge in [-0.25, -0.2) is 9.78 Å². The third-order valence-corrected chi connectivity index (χ3v) is 3.76. The van der Waals surface area contributed by atoms with Crippen molar-refractivity contribution in [3.8, 4) is 5.75 Å². The Kier molecular flexibility index (Phi) is 5.11. The highest BCUT2D eigenvalue weighted by Crippen LogP contribution is 2.18. The number of benzene rings is 1. The van der Waals surface area contributed by atoms with Crippen LogP contribution in [-0.4, -0.2) is 22.7 Å². The lowest BCUT2D eigenvalue weighted by Gasteiger charge is -2.07. The second kappa shape index (κ2) is 7.04. The number of aliphatic carboxylic acids is 1. The highest BCUT2D eigenvalue weighted by molar-refractivity contribution is 7.12. The Hall–Kier alpha value is -2.14. The maximum Gasteiger partial charge on any atom is 0.328 e. The molecule has 110 valence electrons. The number of rotatable bonds is 6. The molecular weight excluding hydrogens is 286 g/mol. The average Bonchev–Trinajstić information content (AvgIpc) is 2.83. The summed E-state index contributed by atoms with van der Waals surface area (Å²) in [6, 6.07) is 6.13. The Bertz CT molecular complexity index is 641. The van der Waals surface area contributed by atoms with E-state index in [0.29, 0.717) is 13.0 Å². The van der Waals surface area contributed by atoms with Gasteiger partial charge in [0.1, 0.15) is 5.75 Å². The summed E-state index contributed by atoms with van der Waals surface area (Å²) in [6.45, 7) is 4.64. The van der Waals surface area contributed by atoms with Crippen LogP contribution in [0.25, 0.3) is 6.08 Å². The van der Waals surface area contributed by atoms with Crippen LogP contribution in [0.5, 0.6) is 5.75 Å². The zero-order chi connectivity index (χ0) is 15.2. The third-order valence-electron chi connectivity index (χ3n) is 2.74. The lowest BCUT2D eigenvalue weighted by Crippen LogP contribution is -2.01. The van der Waals surface area contributed by atoms with Crippen molar-refractivity contribution in [3.05, 3.63) is 51.5 Å². The van der Waals surface area contributed by atoms with Gasteiger partial charge in [-0.1, -0.05) is 6.07 Å². The Balaban J connectivity index is 1.87. The smallest absolute Gasteiger partial charge is 0.328 e. The number of carboxylic acids is 1. The third kappa shape index (κ3) is 5.04. The summed E-state index contributed by atoms with van der Waals surface area (Å²) in [4.78, 5) is 15.5. The predicted octanol–water partition coefficient (Wildman–Crippen LogP) is 3.48. The van der Waals surface area contributed by atoms with E-state index >= 15 is 0 Å². The van der Waals surface area contributed by atoms with E-state index in [1.165, 1.54) is 22.5 Å². The van der Waals surface area contributed by atoms with Gasteiger partial charge in [0.05, 0.1) is 11.6 Å². The van der Waals surface area contributed by atoms with Crippen molar-refractivity contribution in [1.82, 2.24) is 4.98 Å². The van der Waals surface area contributed by atoms with Gasteiger partial charge in [-0.3, -0.25) is 0 Å². The number of aryl methyl sites for hydroxylation is 2. The molecule has 0 aliphatic carbocycles. The molecule has 0 unspecified atom stereocenters. The standard InChI is InChI=1S/C16H17NO3S/c1-11-7-12(2)9-13(8-11)20-6-5-15-17-10-14(21-15)3-4-16(18)19/h3-4,7-10H,5-6H2,1-2H3,(H,18,19)/b4-3+. The molecule has 0 aliphatic heterocycles. The van der Waals surface area contributed by atoms with Crippen molar-refractivity contribution in [1.29, 1.82) is 0 Å². The molecule has 2 rings (SSSR count). The predicted molar refractivity (Wildman–Crippen MR) is 83.9 cm³/mol. The van der Waals surface area contributed by atoms with Crippen molar-refractivity contribution in [2.75, 3.05) is 6.61 Å². The van der Waals surface area contributed by atoms with Gasteiger partial charge in [-0.05, 0) is 43.2 Å². The molecule has 0 amide bonds. The fourth-order valence-electron chi connectivity index (χ4n) is 1.94. The van der Waals surface area contributed by atoms with Crippen molar-refractivity contribution < 1.29 is 14.6 Å². The number of hydrogen-bond acceptors (Lipinski definition) is 4. The monoisotopic (exact) mass is 303 g/mol. The van der Waals surface area contributed by atoms with Gasteiger partial charge in [0, 0.05) is 23.6 Å². The topological polar surface area (TPSA) is 59.4 Å². The SMILES string of the molecule is Cc1cc(C)cc(OCCc2ncc(/C=C/C(=O)O)s2)c1. The molecule has 0 saturated carbocycles. The molecule has 0 spiro atoms. The van der Waals surface area contributed by atoms with E-state index < -0.39 is 5.97 Å². The molecule has 0 radical (unpaired) electrons. The normalized spacial score (nSPS) is 11.0. The zero-order valence-electron chi connectivity index (χ0n) is 12.0. The van der Waals surface area contributed by atoms with Crippen LogP contribution in [0.1, 0.15) is 21.0 Å². The minimum Gasteiger partial charge on any atom is -0.493 e. The van der Waals surface area contributed by atoms with Gasteiger partial charge in [0.2, 0.25) is 0 Å². The maximum atomic E-state index is 10.4. The molecule has 21 heavy (non-hydrogen) atoms. The number of carbonyl (C=O) groups is 1. The Morgan fingerprint density at radius 3 is 2.71 bits per heavy atom. The first-order valence-corrected chi connectivity index (χ1v) is 7.41. The number of carboxylic acid groups (broad SMARTS) is 1. The van der Waals surface area contributed by atoms with E-state index in [9.17, 15) is 4.79 Å². The first-order chi connectivity index (χ1) is 10.0. The number of thiazole rings is 1. The van der Waals surface area contributed by atoms with Crippen molar-refractivity contribution in [2.24, 2.45) is 0 Å². The molecule has 0 atom stereocenters. The number of nitrogens with zero attached hydrogens (tertiary/aromatic N) is 1. The highest BCUT2D eigenvalue weighted by atomic mass is 32.1. The summed E-state index contributed by atoms with van der Waals surface area (Å²) in [5.74, 6) is -0.0850. The molecule has 1 heterocycles. The number of hydrogen-bond donors (Lipinski definition) is 1. The fraction of sp³-hybridized carbons (Fsp3) is 0.250.